The first-order valence-corrected chi connectivity index (χ1v) is 10.5. The minimum Gasteiger partial charge on any atom is -0.394 e. The summed E-state index contributed by atoms with van der Waals surface area (Å²) in [6.45, 7) is 5.35. The number of aliphatic hydroxyl groups is 1. The summed E-state index contributed by atoms with van der Waals surface area (Å²) >= 11 is 1.30. The molecule has 0 spiro atoms. The van der Waals surface area contributed by atoms with Crippen molar-refractivity contribution in [2.75, 3.05) is 25.4 Å². The fourth-order valence-corrected chi connectivity index (χ4v) is 3.94. The van der Waals surface area contributed by atoms with Gasteiger partial charge in [0.25, 0.3) is 0 Å². The lowest BCUT2D eigenvalue weighted by Crippen LogP contribution is -2.74. The maximum Gasteiger partial charge on any atom is 0.243 e. The van der Waals surface area contributed by atoms with Crippen LogP contribution in [0.5, 0.6) is 0 Å². The van der Waals surface area contributed by atoms with Gasteiger partial charge in [-0.25, -0.2) is 4.39 Å². The minimum absolute atomic E-state index is 0.127. The van der Waals surface area contributed by atoms with Crippen LogP contribution in [0, 0.1) is 11.7 Å². The summed E-state index contributed by atoms with van der Waals surface area (Å²) in [4.78, 5) is 38.7. The largest absolute Gasteiger partial charge is 0.394 e. The molecular weight excluding hydrogens is 397 g/mol. The zero-order valence-corrected chi connectivity index (χ0v) is 17.7. The van der Waals surface area contributed by atoms with Gasteiger partial charge in [0, 0.05) is 24.9 Å². The third kappa shape index (κ3) is 6.71. The number of benzene rings is 1. The standard InChI is InChI=1S/C20H28FN3O4S/c1-13(2)8-17(22-14(3)26)19(28)23-20(12-25)10-24(11-20)18(27)9-29-16-6-4-15(21)5-7-16/h4-7,13,17,25H,8-12H2,1-3H3,(H,22,26)(H,23,28). The SMILES string of the molecule is CC(=O)NC(CC(C)C)C(=O)NC1(CO)CN(C(=O)CSc2ccc(F)cc2)C1. The Kier molecular flexibility index (Phi) is 8.04. The van der Waals surface area contributed by atoms with E-state index in [1.807, 2.05) is 13.8 Å². The zero-order chi connectivity index (χ0) is 21.6. The molecule has 1 saturated heterocycles. The van der Waals surface area contributed by atoms with Gasteiger partial charge in [-0.2, -0.15) is 0 Å². The van der Waals surface area contributed by atoms with Crippen molar-refractivity contribution < 1.29 is 23.9 Å². The van der Waals surface area contributed by atoms with Gasteiger partial charge in [-0.15, -0.1) is 11.8 Å². The van der Waals surface area contributed by atoms with Crippen LogP contribution >= 0.6 is 11.8 Å². The molecule has 0 aliphatic carbocycles. The lowest BCUT2D eigenvalue weighted by Gasteiger charge is -2.49. The normalized spacial score (nSPS) is 16.1. The Morgan fingerprint density at radius 2 is 1.86 bits per heavy atom. The van der Waals surface area contributed by atoms with E-state index in [9.17, 15) is 23.9 Å². The van der Waals surface area contributed by atoms with Crippen molar-refractivity contribution >= 4 is 29.5 Å². The van der Waals surface area contributed by atoms with Gasteiger partial charge in [0.15, 0.2) is 0 Å². The fourth-order valence-electron chi connectivity index (χ4n) is 3.14. The Bertz CT molecular complexity index is 736. The van der Waals surface area contributed by atoms with Crippen LogP contribution in [0.3, 0.4) is 0 Å². The lowest BCUT2D eigenvalue weighted by molar-refractivity contribution is -0.143. The predicted molar refractivity (Wildman–Crippen MR) is 109 cm³/mol. The van der Waals surface area contributed by atoms with Crippen LogP contribution < -0.4 is 10.6 Å². The van der Waals surface area contributed by atoms with E-state index < -0.39 is 11.6 Å². The number of hydrogen-bond acceptors (Lipinski definition) is 5. The molecule has 1 aromatic carbocycles. The zero-order valence-electron chi connectivity index (χ0n) is 16.9. The molecule has 0 aromatic heterocycles. The van der Waals surface area contributed by atoms with Gasteiger partial charge in [-0.1, -0.05) is 13.8 Å². The number of carbonyl (C=O) groups is 3. The first-order chi connectivity index (χ1) is 13.6. The Balaban J connectivity index is 1.88. The van der Waals surface area contributed by atoms with Gasteiger partial charge < -0.3 is 20.6 Å². The minimum atomic E-state index is -0.902. The molecule has 160 valence electrons. The molecule has 1 unspecified atom stereocenters. The van der Waals surface area contributed by atoms with Crippen molar-refractivity contribution in [2.45, 2.75) is 43.7 Å². The van der Waals surface area contributed by atoms with Crippen LogP contribution in [0.15, 0.2) is 29.2 Å². The van der Waals surface area contributed by atoms with Crippen molar-refractivity contribution in [3.63, 3.8) is 0 Å². The van der Waals surface area contributed by atoms with Gasteiger partial charge in [-0.3, -0.25) is 14.4 Å². The van der Waals surface area contributed by atoms with E-state index in [0.717, 1.165) is 4.90 Å². The Morgan fingerprint density at radius 1 is 1.24 bits per heavy atom. The van der Waals surface area contributed by atoms with Crippen molar-refractivity contribution in [2.24, 2.45) is 5.92 Å². The number of aliphatic hydroxyl groups excluding tert-OH is 1. The molecule has 3 N–H and O–H groups in total. The second kappa shape index (κ2) is 10.1. The molecule has 9 heteroatoms. The number of hydrogen-bond donors (Lipinski definition) is 3. The van der Waals surface area contributed by atoms with E-state index in [-0.39, 0.29) is 54.9 Å². The number of rotatable bonds is 9. The quantitative estimate of drug-likeness (QED) is 0.516. The highest BCUT2D eigenvalue weighted by atomic mass is 32.2. The van der Waals surface area contributed by atoms with Crippen LogP contribution in [-0.4, -0.2) is 64.8 Å². The van der Waals surface area contributed by atoms with Crippen molar-refractivity contribution in [1.29, 1.82) is 0 Å². The summed E-state index contributed by atoms with van der Waals surface area (Å²) < 4.78 is 12.9. The molecule has 1 atom stereocenters. The third-order valence-corrected chi connectivity index (χ3v) is 5.60. The number of nitrogens with one attached hydrogen (secondary N) is 2. The summed E-state index contributed by atoms with van der Waals surface area (Å²) in [6.07, 6.45) is 0.476. The van der Waals surface area contributed by atoms with Crippen LogP contribution in [0.4, 0.5) is 4.39 Å². The number of carbonyl (C=O) groups excluding carboxylic acids is 3. The highest BCUT2D eigenvalue weighted by Crippen LogP contribution is 2.24. The van der Waals surface area contributed by atoms with Crippen molar-refractivity contribution in [3.05, 3.63) is 30.1 Å². The maximum atomic E-state index is 12.9. The molecule has 1 aliphatic heterocycles. The topological polar surface area (TPSA) is 98.7 Å². The van der Waals surface area contributed by atoms with E-state index in [2.05, 4.69) is 10.6 Å². The Hall–Kier alpha value is -2.13. The summed E-state index contributed by atoms with van der Waals surface area (Å²) in [5.41, 5.74) is -0.902. The van der Waals surface area contributed by atoms with Crippen LogP contribution in [0.25, 0.3) is 0 Å². The predicted octanol–water partition coefficient (Wildman–Crippen LogP) is 1.16. The smallest absolute Gasteiger partial charge is 0.243 e. The molecule has 2 rings (SSSR count). The number of likely N-dealkylation sites (tertiary alicyclic amines) is 1. The van der Waals surface area contributed by atoms with E-state index in [1.54, 1.807) is 17.0 Å². The summed E-state index contributed by atoms with van der Waals surface area (Å²) in [5.74, 6) is -0.739. The lowest BCUT2D eigenvalue weighted by atomic mass is 9.89. The molecule has 7 nitrogen and oxygen atoms in total. The van der Waals surface area contributed by atoms with Gasteiger partial charge in [0.2, 0.25) is 17.7 Å². The molecule has 3 amide bonds. The fraction of sp³-hybridized carbons (Fsp3) is 0.550. The molecule has 29 heavy (non-hydrogen) atoms. The number of amides is 3. The summed E-state index contributed by atoms with van der Waals surface area (Å²) in [7, 11) is 0. The van der Waals surface area contributed by atoms with E-state index in [0.29, 0.717) is 6.42 Å². The third-order valence-electron chi connectivity index (χ3n) is 4.61. The van der Waals surface area contributed by atoms with Gasteiger partial charge in [0.1, 0.15) is 11.9 Å². The maximum absolute atomic E-state index is 12.9. The van der Waals surface area contributed by atoms with E-state index in [1.165, 1.54) is 30.8 Å². The highest BCUT2D eigenvalue weighted by Gasteiger charge is 2.46. The molecule has 0 saturated carbocycles. The van der Waals surface area contributed by atoms with Gasteiger partial charge in [-0.05, 0) is 36.6 Å². The molecule has 1 fully saturated rings. The Morgan fingerprint density at radius 3 is 2.38 bits per heavy atom. The van der Waals surface area contributed by atoms with Crippen LogP contribution in [0.1, 0.15) is 27.2 Å². The summed E-state index contributed by atoms with van der Waals surface area (Å²) in [5, 5.41) is 15.2. The van der Waals surface area contributed by atoms with Crippen LogP contribution in [0.2, 0.25) is 0 Å². The Labute approximate surface area is 174 Å². The van der Waals surface area contributed by atoms with Crippen molar-refractivity contribution in [3.8, 4) is 0 Å². The van der Waals surface area contributed by atoms with Crippen molar-refractivity contribution in [1.82, 2.24) is 15.5 Å². The average Bonchev–Trinajstić information content (AvgIpc) is 2.62. The molecule has 1 heterocycles. The van der Waals surface area contributed by atoms with Crippen LogP contribution in [-0.2, 0) is 14.4 Å². The monoisotopic (exact) mass is 425 g/mol. The molecule has 1 aromatic rings. The highest BCUT2D eigenvalue weighted by molar-refractivity contribution is 8.00. The first kappa shape index (κ1) is 23.2. The second-order valence-corrected chi connectivity index (χ2v) is 8.85. The first-order valence-electron chi connectivity index (χ1n) is 9.50. The average molecular weight is 426 g/mol. The summed E-state index contributed by atoms with van der Waals surface area (Å²) in [6, 6.07) is 5.21. The molecule has 0 bridgehead atoms. The van der Waals surface area contributed by atoms with E-state index in [4.69, 9.17) is 0 Å². The number of nitrogens with zero attached hydrogens (tertiary/aromatic N) is 1. The second-order valence-electron chi connectivity index (χ2n) is 7.80. The van der Waals surface area contributed by atoms with E-state index >= 15 is 0 Å². The molecule has 0 radical (unpaired) electrons. The van der Waals surface area contributed by atoms with Gasteiger partial charge >= 0.3 is 0 Å². The molecule has 1 aliphatic rings. The number of thioether (sulfide) groups is 1. The van der Waals surface area contributed by atoms with Gasteiger partial charge in [0.05, 0.1) is 17.9 Å². The molecular formula is C20H28FN3O4S. The number of halogens is 1.